The molecule has 0 aliphatic carbocycles. The Morgan fingerprint density at radius 2 is 1.79 bits per heavy atom. The number of nitro groups is 1. The van der Waals surface area contributed by atoms with Crippen molar-refractivity contribution in [2.75, 3.05) is 38.3 Å². The van der Waals surface area contributed by atoms with Crippen molar-refractivity contribution in [1.29, 1.82) is 0 Å². The first kappa shape index (κ1) is 25.5. The fraction of sp³-hybridized carbons (Fsp3) is 0.333. The summed E-state index contributed by atoms with van der Waals surface area (Å²) in [5, 5.41) is 14.0. The van der Waals surface area contributed by atoms with E-state index in [1.165, 1.54) is 18.2 Å². The van der Waals surface area contributed by atoms with Crippen LogP contribution in [0.25, 0.3) is 6.08 Å². The number of nitrogens with zero attached hydrogens (tertiary/aromatic N) is 1. The molecule has 0 fully saturated rings. The molecule has 1 N–H and O–H groups in total. The number of carbonyl (C=O) groups is 2. The highest BCUT2D eigenvalue weighted by molar-refractivity contribution is 5.85. The SMILES string of the molecule is C=Cc1c(NCC(=O)OCC(COCC)(C(=O)OCC)c2ccccc2)cccc1[N+](=O)[O-]. The fourth-order valence-corrected chi connectivity index (χ4v) is 3.25. The van der Waals surface area contributed by atoms with Gasteiger partial charge in [-0.05, 0) is 25.5 Å². The molecule has 2 aromatic rings. The number of ether oxygens (including phenoxy) is 3. The largest absolute Gasteiger partial charge is 0.465 e. The third kappa shape index (κ3) is 6.39. The molecule has 0 radical (unpaired) electrons. The summed E-state index contributed by atoms with van der Waals surface area (Å²) >= 11 is 0. The van der Waals surface area contributed by atoms with E-state index >= 15 is 0 Å². The molecule has 0 aliphatic heterocycles. The summed E-state index contributed by atoms with van der Waals surface area (Å²) in [7, 11) is 0. The Kier molecular flexibility index (Phi) is 9.56. The van der Waals surface area contributed by atoms with Gasteiger partial charge in [-0.2, -0.15) is 0 Å². The molecule has 176 valence electrons. The van der Waals surface area contributed by atoms with E-state index in [-0.39, 0.29) is 37.6 Å². The van der Waals surface area contributed by atoms with Gasteiger partial charge >= 0.3 is 11.9 Å². The first-order valence-corrected chi connectivity index (χ1v) is 10.5. The minimum atomic E-state index is -1.33. The average Bonchev–Trinajstić information content (AvgIpc) is 2.83. The van der Waals surface area contributed by atoms with Crippen molar-refractivity contribution in [3.8, 4) is 0 Å². The highest BCUT2D eigenvalue weighted by atomic mass is 16.6. The molecule has 0 aliphatic rings. The van der Waals surface area contributed by atoms with Crippen molar-refractivity contribution >= 4 is 29.4 Å². The summed E-state index contributed by atoms with van der Waals surface area (Å²) < 4.78 is 16.3. The van der Waals surface area contributed by atoms with Gasteiger partial charge in [0.25, 0.3) is 5.69 Å². The van der Waals surface area contributed by atoms with Crippen LogP contribution in [0.3, 0.4) is 0 Å². The molecule has 9 nitrogen and oxygen atoms in total. The quantitative estimate of drug-likeness (QED) is 0.275. The van der Waals surface area contributed by atoms with Gasteiger partial charge in [-0.25, -0.2) is 0 Å². The average molecular weight is 456 g/mol. The van der Waals surface area contributed by atoms with Crippen molar-refractivity contribution in [2.24, 2.45) is 0 Å². The van der Waals surface area contributed by atoms with Crippen LogP contribution >= 0.6 is 0 Å². The van der Waals surface area contributed by atoms with E-state index < -0.39 is 22.3 Å². The molecular formula is C24H28N2O7. The number of hydrogen-bond acceptors (Lipinski definition) is 8. The van der Waals surface area contributed by atoms with Crippen molar-refractivity contribution < 1.29 is 28.7 Å². The standard InChI is InChI=1S/C24H28N2O7/c1-4-19-20(13-10-14-21(19)26(29)30)25-15-22(27)33-17-24(16-31-5-2,23(28)32-6-3)18-11-8-7-9-12-18/h4,7-14,25H,1,5-6,15-17H2,2-3H3. The Labute approximate surface area is 192 Å². The van der Waals surface area contributed by atoms with Gasteiger partial charge in [-0.1, -0.05) is 49.1 Å². The van der Waals surface area contributed by atoms with E-state index in [1.807, 2.05) is 6.07 Å². The van der Waals surface area contributed by atoms with Gasteiger partial charge in [-0.3, -0.25) is 19.7 Å². The van der Waals surface area contributed by atoms with Gasteiger partial charge in [0.05, 0.1) is 23.7 Å². The van der Waals surface area contributed by atoms with Gasteiger partial charge in [0, 0.05) is 18.4 Å². The lowest BCUT2D eigenvalue weighted by atomic mass is 9.81. The van der Waals surface area contributed by atoms with Gasteiger partial charge in [0.1, 0.15) is 18.6 Å². The van der Waals surface area contributed by atoms with Crippen molar-refractivity contribution in [3.63, 3.8) is 0 Å². The maximum absolute atomic E-state index is 13.0. The summed E-state index contributed by atoms with van der Waals surface area (Å²) in [6.45, 7) is 7.02. The maximum Gasteiger partial charge on any atom is 0.325 e. The third-order valence-corrected chi connectivity index (χ3v) is 4.93. The molecule has 9 heteroatoms. The Balaban J connectivity index is 2.19. The smallest absolute Gasteiger partial charge is 0.325 e. The number of anilines is 1. The van der Waals surface area contributed by atoms with E-state index in [4.69, 9.17) is 14.2 Å². The number of benzene rings is 2. The van der Waals surface area contributed by atoms with Crippen LogP contribution in [0.2, 0.25) is 0 Å². The Morgan fingerprint density at radius 3 is 2.39 bits per heavy atom. The van der Waals surface area contributed by atoms with E-state index in [1.54, 1.807) is 44.2 Å². The lowest BCUT2D eigenvalue weighted by Gasteiger charge is -2.31. The van der Waals surface area contributed by atoms with Crippen molar-refractivity contribution in [1.82, 2.24) is 0 Å². The molecule has 0 saturated heterocycles. The predicted molar refractivity (Wildman–Crippen MR) is 124 cm³/mol. The molecule has 33 heavy (non-hydrogen) atoms. The van der Waals surface area contributed by atoms with E-state index in [0.717, 1.165) is 0 Å². The Bertz CT molecular complexity index is 978. The second kappa shape index (κ2) is 12.4. The van der Waals surface area contributed by atoms with E-state index in [2.05, 4.69) is 11.9 Å². The third-order valence-electron chi connectivity index (χ3n) is 4.93. The number of nitro benzene ring substituents is 1. The second-order valence-corrected chi connectivity index (χ2v) is 7.02. The molecule has 0 bridgehead atoms. The number of carbonyl (C=O) groups excluding carboxylic acids is 2. The number of nitrogens with one attached hydrogen (secondary N) is 1. The summed E-state index contributed by atoms with van der Waals surface area (Å²) in [5.74, 6) is -1.21. The Hall–Kier alpha value is -3.72. The second-order valence-electron chi connectivity index (χ2n) is 7.02. The highest BCUT2D eigenvalue weighted by Crippen LogP contribution is 2.29. The first-order valence-electron chi connectivity index (χ1n) is 10.5. The monoisotopic (exact) mass is 456 g/mol. The number of rotatable bonds is 13. The van der Waals surface area contributed by atoms with Crippen LogP contribution in [-0.2, 0) is 29.2 Å². The molecule has 0 saturated carbocycles. The number of esters is 2. The minimum Gasteiger partial charge on any atom is -0.465 e. The van der Waals surface area contributed by atoms with Crippen LogP contribution in [0.15, 0.2) is 55.1 Å². The topological polar surface area (TPSA) is 117 Å². The summed E-state index contributed by atoms with van der Waals surface area (Å²) in [6, 6.07) is 13.3. The highest BCUT2D eigenvalue weighted by Gasteiger charge is 2.44. The lowest BCUT2D eigenvalue weighted by Crippen LogP contribution is -2.47. The van der Waals surface area contributed by atoms with Crippen molar-refractivity contribution in [3.05, 3.63) is 76.4 Å². The molecular weight excluding hydrogens is 428 g/mol. The summed E-state index contributed by atoms with van der Waals surface area (Å²) in [6.07, 6.45) is 1.34. The zero-order valence-electron chi connectivity index (χ0n) is 18.7. The van der Waals surface area contributed by atoms with Crippen LogP contribution < -0.4 is 5.32 Å². The Morgan fingerprint density at radius 1 is 1.06 bits per heavy atom. The van der Waals surface area contributed by atoms with E-state index in [0.29, 0.717) is 17.9 Å². The summed E-state index contributed by atoms with van der Waals surface area (Å²) in [4.78, 5) is 36.2. The fourth-order valence-electron chi connectivity index (χ4n) is 3.25. The van der Waals surface area contributed by atoms with Crippen molar-refractivity contribution in [2.45, 2.75) is 19.3 Å². The molecule has 0 spiro atoms. The van der Waals surface area contributed by atoms with Crippen LogP contribution in [0.1, 0.15) is 25.0 Å². The first-order chi connectivity index (χ1) is 15.9. The van der Waals surface area contributed by atoms with Crippen LogP contribution in [0, 0.1) is 10.1 Å². The molecule has 1 unspecified atom stereocenters. The molecule has 2 rings (SSSR count). The van der Waals surface area contributed by atoms with Gasteiger partial charge < -0.3 is 19.5 Å². The van der Waals surface area contributed by atoms with Crippen LogP contribution in [0.4, 0.5) is 11.4 Å². The molecule has 0 amide bonds. The summed E-state index contributed by atoms with van der Waals surface area (Å²) in [5.41, 5.74) is -0.237. The molecule has 0 aromatic heterocycles. The molecule has 2 aromatic carbocycles. The maximum atomic E-state index is 13.0. The number of hydrogen-bond donors (Lipinski definition) is 1. The lowest BCUT2D eigenvalue weighted by molar-refractivity contribution is -0.385. The van der Waals surface area contributed by atoms with Crippen LogP contribution in [-0.4, -0.2) is 49.8 Å². The van der Waals surface area contributed by atoms with Gasteiger partial charge in [-0.15, -0.1) is 0 Å². The molecule has 1 atom stereocenters. The van der Waals surface area contributed by atoms with E-state index in [9.17, 15) is 19.7 Å². The predicted octanol–water partition coefficient (Wildman–Crippen LogP) is 3.73. The normalized spacial score (nSPS) is 12.3. The molecule has 0 heterocycles. The van der Waals surface area contributed by atoms with Gasteiger partial charge in [0.2, 0.25) is 0 Å². The zero-order chi connectivity index (χ0) is 24.3. The minimum absolute atomic E-state index is 0.0292. The zero-order valence-corrected chi connectivity index (χ0v) is 18.7. The van der Waals surface area contributed by atoms with Gasteiger partial charge in [0.15, 0.2) is 0 Å². The van der Waals surface area contributed by atoms with Crippen LogP contribution in [0.5, 0.6) is 0 Å².